The van der Waals surface area contributed by atoms with Crippen LogP contribution in [0.5, 0.6) is 0 Å². The van der Waals surface area contributed by atoms with Crippen LogP contribution in [0.15, 0.2) is 41.8 Å². The van der Waals surface area contributed by atoms with E-state index in [0.717, 1.165) is 10.9 Å². The van der Waals surface area contributed by atoms with Gasteiger partial charge in [-0.15, -0.1) is 11.3 Å². The van der Waals surface area contributed by atoms with Crippen molar-refractivity contribution in [2.45, 2.75) is 19.3 Å². The molecule has 3 rings (SSSR count). The molecule has 2 aromatic heterocycles. The van der Waals surface area contributed by atoms with Crippen LogP contribution in [0.2, 0.25) is 0 Å². The number of H-pyrrole nitrogens is 1. The fourth-order valence-electron chi connectivity index (χ4n) is 2.27. The molecule has 1 aromatic carbocycles. The topological polar surface area (TPSA) is 57.8 Å². The van der Waals surface area contributed by atoms with Gasteiger partial charge >= 0.3 is 0 Å². The van der Waals surface area contributed by atoms with E-state index in [2.05, 4.69) is 40.8 Å². The summed E-state index contributed by atoms with van der Waals surface area (Å²) in [6.07, 6.45) is 0. The maximum Gasteiger partial charge on any atom is 0.272 e. The summed E-state index contributed by atoms with van der Waals surface area (Å²) >= 11 is 1.71. The van der Waals surface area contributed by atoms with Gasteiger partial charge in [0.15, 0.2) is 5.69 Å². The first-order valence-corrected chi connectivity index (χ1v) is 7.71. The van der Waals surface area contributed by atoms with Gasteiger partial charge in [0, 0.05) is 22.2 Å². The molecular weight excluding hydrogens is 282 g/mol. The molecule has 0 spiro atoms. The van der Waals surface area contributed by atoms with Crippen molar-refractivity contribution in [2.75, 3.05) is 6.54 Å². The number of amides is 1. The van der Waals surface area contributed by atoms with Crippen molar-refractivity contribution in [3.8, 4) is 0 Å². The molecule has 2 N–H and O–H groups in total. The maximum absolute atomic E-state index is 12.3. The van der Waals surface area contributed by atoms with Crippen molar-refractivity contribution in [3.63, 3.8) is 0 Å². The molecule has 0 radical (unpaired) electrons. The van der Waals surface area contributed by atoms with Crippen LogP contribution in [0.4, 0.5) is 0 Å². The monoisotopic (exact) mass is 299 g/mol. The third kappa shape index (κ3) is 2.69. The van der Waals surface area contributed by atoms with Crippen LogP contribution >= 0.6 is 11.3 Å². The molecule has 21 heavy (non-hydrogen) atoms. The van der Waals surface area contributed by atoms with Crippen molar-refractivity contribution >= 4 is 28.1 Å². The van der Waals surface area contributed by atoms with Gasteiger partial charge in [0.2, 0.25) is 0 Å². The highest BCUT2D eigenvalue weighted by molar-refractivity contribution is 7.10. The predicted octanol–water partition coefficient (Wildman–Crippen LogP) is 3.33. The summed E-state index contributed by atoms with van der Waals surface area (Å²) < 4.78 is 0. The lowest BCUT2D eigenvalue weighted by Gasteiger charge is -2.23. The number of aromatic nitrogens is 2. The van der Waals surface area contributed by atoms with Gasteiger partial charge < -0.3 is 5.32 Å². The summed E-state index contributed by atoms with van der Waals surface area (Å²) in [7, 11) is 0. The van der Waals surface area contributed by atoms with Gasteiger partial charge in [-0.05, 0) is 17.5 Å². The predicted molar refractivity (Wildman–Crippen MR) is 85.8 cm³/mol. The highest BCUT2D eigenvalue weighted by Gasteiger charge is 2.23. The van der Waals surface area contributed by atoms with Crippen LogP contribution in [-0.4, -0.2) is 22.6 Å². The summed E-state index contributed by atoms with van der Waals surface area (Å²) in [6.45, 7) is 4.83. The molecule has 2 heterocycles. The van der Waals surface area contributed by atoms with Gasteiger partial charge in [0.1, 0.15) is 0 Å². The smallest absolute Gasteiger partial charge is 0.272 e. The number of carbonyl (C=O) groups is 1. The third-order valence-corrected chi connectivity index (χ3v) is 4.80. The van der Waals surface area contributed by atoms with Crippen LogP contribution in [-0.2, 0) is 5.41 Å². The molecule has 4 nitrogen and oxygen atoms in total. The average molecular weight is 299 g/mol. The minimum absolute atomic E-state index is 0.0874. The third-order valence-electron chi connectivity index (χ3n) is 3.56. The summed E-state index contributed by atoms with van der Waals surface area (Å²) in [5.74, 6) is -0.142. The summed E-state index contributed by atoms with van der Waals surface area (Å²) in [4.78, 5) is 13.6. The molecule has 0 saturated carbocycles. The molecule has 0 atom stereocenters. The number of hydrogen-bond donors (Lipinski definition) is 2. The lowest BCUT2D eigenvalue weighted by Crippen LogP contribution is -2.36. The lowest BCUT2D eigenvalue weighted by atomic mass is 9.91. The number of nitrogens with zero attached hydrogens (tertiary/aromatic N) is 1. The second-order valence-electron chi connectivity index (χ2n) is 5.66. The molecule has 0 fully saturated rings. The number of para-hydroxylation sites is 1. The standard InChI is InChI=1S/C16H17N3OS/c1-16(2,13-8-5-9-21-13)10-17-15(20)14-11-6-3-4-7-12(11)18-19-14/h3-9H,10H2,1-2H3,(H,17,20)(H,18,19). The first-order chi connectivity index (χ1) is 10.1. The molecule has 3 aromatic rings. The highest BCUT2D eigenvalue weighted by Crippen LogP contribution is 2.26. The number of fused-ring (bicyclic) bond motifs is 1. The minimum Gasteiger partial charge on any atom is -0.350 e. The first-order valence-electron chi connectivity index (χ1n) is 6.83. The van der Waals surface area contributed by atoms with Gasteiger partial charge in [0.05, 0.1) is 5.52 Å². The van der Waals surface area contributed by atoms with Crippen molar-refractivity contribution in [3.05, 3.63) is 52.3 Å². The van der Waals surface area contributed by atoms with Crippen LogP contribution in [0.25, 0.3) is 10.9 Å². The molecule has 0 aliphatic heterocycles. The van der Waals surface area contributed by atoms with Gasteiger partial charge in [0.25, 0.3) is 5.91 Å². The number of benzene rings is 1. The van der Waals surface area contributed by atoms with Crippen molar-refractivity contribution in [1.29, 1.82) is 0 Å². The Morgan fingerprint density at radius 3 is 2.86 bits per heavy atom. The highest BCUT2D eigenvalue weighted by atomic mass is 32.1. The van der Waals surface area contributed by atoms with E-state index in [9.17, 15) is 4.79 Å². The Morgan fingerprint density at radius 2 is 2.10 bits per heavy atom. The Labute approximate surface area is 127 Å². The van der Waals surface area contributed by atoms with Crippen LogP contribution in [0.3, 0.4) is 0 Å². The maximum atomic E-state index is 12.3. The number of carbonyl (C=O) groups excluding carboxylic acids is 1. The fraction of sp³-hybridized carbons (Fsp3) is 0.250. The second kappa shape index (κ2) is 5.33. The van der Waals surface area contributed by atoms with Gasteiger partial charge in [-0.1, -0.05) is 38.1 Å². The molecule has 0 bridgehead atoms. The molecule has 0 saturated heterocycles. The van der Waals surface area contributed by atoms with Crippen LogP contribution in [0.1, 0.15) is 29.2 Å². The first kappa shape index (κ1) is 13.8. The van der Waals surface area contributed by atoms with Crippen molar-refractivity contribution in [2.24, 2.45) is 0 Å². The largest absolute Gasteiger partial charge is 0.350 e. The Kier molecular flexibility index (Phi) is 3.51. The Hall–Kier alpha value is -2.14. The van der Waals surface area contributed by atoms with Crippen LogP contribution < -0.4 is 5.32 Å². The second-order valence-corrected chi connectivity index (χ2v) is 6.61. The zero-order valence-corrected chi connectivity index (χ0v) is 12.8. The fourth-order valence-corrected chi connectivity index (χ4v) is 3.12. The molecule has 5 heteroatoms. The quantitative estimate of drug-likeness (QED) is 0.776. The van der Waals surface area contributed by atoms with E-state index in [1.54, 1.807) is 11.3 Å². The molecule has 1 amide bonds. The molecule has 0 aliphatic carbocycles. The number of nitrogens with one attached hydrogen (secondary N) is 2. The van der Waals surface area contributed by atoms with E-state index in [1.165, 1.54) is 4.88 Å². The minimum atomic E-state index is -0.142. The lowest BCUT2D eigenvalue weighted by molar-refractivity contribution is 0.0942. The SMILES string of the molecule is CC(C)(CNC(=O)c1n[nH]c2ccccc12)c1cccs1. The van der Waals surface area contributed by atoms with E-state index in [0.29, 0.717) is 12.2 Å². The van der Waals surface area contributed by atoms with Gasteiger partial charge in [-0.3, -0.25) is 9.89 Å². The van der Waals surface area contributed by atoms with E-state index in [-0.39, 0.29) is 11.3 Å². The zero-order chi connectivity index (χ0) is 14.9. The normalized spacial score (nSPS) is 11.7. The van der Waals surface area contributed by atoms with Crippen molar-refractivity contribution in [1.82, 2.24) is 15.5 Å². The molecule has 0 unspecified atom stereocenters. The zero-order valence-electron chi connectivity index (χ0n) is 12.0. The molecule has 108 valence electrons. The summed E-state index contributed by atoms with van der Waals surface area (Å²) in [5.41, 5.74) is 1.24. The summed E-state index contributed by atoms with van der Waals surface area (Å²) in [6, 6.07) is 11.8. The summed E-state index contributed by atoms with van der Waals surface area (Å²) in [5, 5.41) is 12.9. The Bertz CT molecular complexity index is 759. The van der Waals surface area contributed by atoms with E-state index >= 15 is 0 Å². The van der Waals surface area contributed by atoms with Crippen LogP contribution in [0, 0.1) is 0 Å². The number of hydrogen-bond acceptors (Lipinski definition) is 3. The number of aromatic amines is 1. The molecular formula is C16H17N3OS. The van der Waals surface area contributed by atoms with E-state index in [4.69, 9.17) is 0 Å². The number of thiophene rings is 1. The molecule has 0 aliphatic rings. The average Bonchev–Trinajstić information content (AvgIpc) is 3.14. The van der Waals surface area contributed by atoms with E-state index < -0.39 is 0 Å². The number of rotatable bonds is 4. The van der Waals surface area contributed by atoms with E-state index in [1.807, 2.05) is 30.3 Å². The Morgan fingerprint density at radius 1 is 1.29 bits per heavy atom. The van der Waals surface area contributed by atoms with Gasteiger partial charge in [-0.2, -0.15) is 5.10 Å². The van der Waals surface area contributed by atoms with Gasteiger partial charge in [-0.25, -0.2) is 0 Å². The van der Waals surface area contributed by atoms with Crippen molar-refractivity contribution < 1.29 is 4.79 Å². The Balaban J connectivity index is 1.75.